The lowest BCUT2D eigenvalue weighted by Crippen LogP contribution is -2.41. The lowest BCUT2D eigenvalue weighted by Gasteiger charge is -2.18. The first-order valence-electron chi connectivity index (χ1n) is 9.24. The van der Waals surface area contributed by atoms with E-state index < -0.39 is 12.8 Å². The van der Waals surface area contributed by atoms with Crippen molar-refractivity contribution in [2.75, 3.05) is 53.6 Å². The molecule has 0 heterocycles. The Bertz CT molecular complexity index is 616. The first kappa shape index (κ1) is 27.7. The number of likely N-dealkylation sites (N-methyl/N-ethyl adjacent to an activating group) is 1. The third kappa shape index (κ3) is 12.8. The topological polar surface area (TPSA) is 58.1 Å². The fourth-order valence-electron chi connectivity index (χ4n) is 2.32. The molecule has 0 fully saturated rings. The van der Waals surface area contributed by atoms with Crippen molar-refractivity contribution in [1.29, 1.82) is 0 Å². The number of hydrogen-bond donors (Lipinski definition) is 2. The molecule has 0 aliphatic carbocycles. The zero-order chi connectivity index (χ0) is 21.0. The third-order valence-corrected chi connectivity index (χ3v) is 3.83. The molecule has 0 aromatic heterocycles. The van der Waals surface area contributed by atoms with Crippen LogP contribution in [0, 0.1) is 6.92 Å². The van der Waals surface area contributed by atoms with Gasteiger partial charge in [0.15, 0.2) is 12.6 Å². The number of methoxy groups -OCH3 is 1. The maximum absolute atomic E-state index is 12.5. The average Bonchev–Trinajstić information content (AvgIpc) is 2.63. The minimum absolute atomic E-state index is 0. The fourth-order valence-corrected chi connectivity index (χ4v) is 2.32. The van der Waals surface area contributed by atoms with Crippen molar-refractivity contribution in [3.05, 3.63) is 29.3 Å². The maximum atomic E-state index is 12.5. The van der Waals surface area contributed by atoms with Crippen LogP contribution in [-0.4, -0.2) is 70.6 Å². The number of aliphatic imine (C=N–C) groups is 1. The highest BCUT2D eigenvalue weighted by Crippen LogP contribution is 2.24. The van der Waals surface area contributed by atoms with Gasteiger partial charge < -0.3 is 25.0 Å². The largest absolute Gasteiger partial charge is 0.484 e. The van der Waals surface area contributed by atoms with Gasteiger partial charge in [0.25, 0.3) is 0 Å². The molecule has 0 aliphatic heterocycles. The zero-order valence-corrected chi connectivity index (χ0v) is 19.8. The summed E-state index contributed by atoms with van der Waals surface area (Å²) in [6, 6.07) is 5.17. The third-order valence-electron chi connectivity index (χ3n) is 3.83. The molecule has 2 N–H and O–H groups in total. The van der Waals surface area contributed by atoms with E-state index in [4.69, 9.17) is 9.47 Å². The van der Waals surface area contributed by atoms with Gasteiger partial charge in [-0.25, -0.2) is 4.99 Å². The molecule has 0 atom stereocenters. The van der Waals surface area contributed by atoms with E-state index in [1.165, 1.54) is 0 Å². The first-order chi connectivity index (χ1) is 13.2. The molecule has 0 unspecified atom stereocenters. The Morgan fingerprint density at radius 2 is 1.93 bits per heavy atom. The summed E-state index contributed by atoms with van der Waals surface area (Å²) in [6.45, 7) is 6.30. The second-order valence-electron chi connectivity index (χ2n) is 6.43. The van der Waals surface area contributed by atoms with Crippen molar-refractivity contribution in [3.8, 4) is 5.75 Å². The van der Waals surface area contributed by atoms with E-state index in [9.17, 15) is 13.2 Å². The second-order valence-corrected chi connectivity index (χ2v) is 6.43. The van der Waals surface area contributed by atoms with Gasteiger partial charge in [-0.3, -0.25) is 0 Å². The lowest BCUT2D eigenvalue weighted by molar-refractivity contribution is -0.153. The number of aryl methyl sites for hydroxylation is 1. The molecule has 0 aliphatic rings. The molecule has 0 radical (unpaired) electrons. The highest BCUT2D eigenvalue weighted by Gasteiger charge is 2.28. The van der Waals surface area contributed by atoms with Crippen molar-refractivity contribution in [1.82, 2.24) is 15.5 Å². The molecule has 168 valence electrons. The Hall–Kier alpha value is -1.27. The molecule has 0 bridgehead atoms. The summed E-state index contributed by atoms with van der Waals surface area (Å²) in [5, 5.41) is 6.35. The number of hydrogen-bond acceptors (Lipinski definition) is 4. The average molecular weight is 532 g/mol. The standard InChI is InChI=1S/C19H31F3N4O2.HI/c1-5-23-18(24-8-9-26(3)10-11-27-4)25-13-16-7-6-15(2)12-17(16)28-14-19(20,21)22;/h6-7,12H,5,8-11,13-14H2,1-4H3,(H2,23,24,25);1H. The summed E-state index contributed by atoms with van der Waals surface area (Å²) in [7, 11) is 3.67. The normalized spacial score (nSPS) is 11.9. The van der Waals surface area contributed by atoms with Crippen LogP contribution in [0.2, 0.25) is 0 Å². The molecular formula is C19H32F3IN4O2. The molecule has 29 heavy (non-hydrogen) atoms. The molecular weight excluding hydrogens is 500 g/mol. The number of benzene rings is 1. The molecule has 1 aromatic carbocycles. The number of ether oxygens (including phenoxy) is 2. The number of nitrogens with one attached hydrogen (secondary N) is 2. The Morgan fingerprint density at radius 3 is 2.55 bits per heavy atom. The van der Waals surface area contributed by atoms with Gasteiger partial charge in [0.2, 0.25) is 0 Å². The first-order valence-corrected chi connectivity index (χ1v) is 9.24. The summed E-state index contributed by atoms with van der Waals surface area (Å²) in [5.41, 5.74) is 1.43. The Labute approximate surface area is 188 Å². The zero-order valence-electron chi connectivity index (χ0n) is 17.4. The number of guanidine groups is 1. The molecule has 10 heteroatoms. The second kappa shape index (κ2) is 14.7. The minimum atomic E-state index is -4.38. The predicted octanol–water partition coefficient (Wildman–Crippen LogP) is 3.19. The molecule has 0 saturated heterocycles. The molecule has 1 aromatic rings. The highest BCUT2D eigenvalue weighted by atomic mass is 127. The van der Waals surface area contributed by atoms with E-state index in [2.05, 4.69) is 20.5 Å². The van der Waals surface area contributed by atoms with Crippen LogP contribution in [0.25, 0.3) is 0 Å². The number of alkyl halides is 3. The smallest absolute Gasteiger partial charge is 0.422 e. The highest BCUT2D eigenvalue weighted by molar-refractivity contribution is 14.0. The van der Waals surface area contributed by atoms with Crippen molar-refractivity contribution in [2.24, 2.45) is 4.99 Å². The number of rotatable bonds is 11. The van der Waals surface area contributed by atoms with Crippen LogP contribution in [0.4, 0.5) is 13.2 Å². The van der Waals surface area contributed by atoms with Crippen molar-refractivity contribution >= 4 is 29.9 Å². The van der Waals surface area contributed by atoms with E-state index >= 15 is 0 Å². The maximum Gasteiger partial charge on any atom is 0.422 e. The van der Waals surface area contributed by atoms with Crippen LogP contribution in [0.3, 0.4) is 0 Å². The molecule has 0 amide bonds. The SMILES string of the molecule is CCNC(=NCc1ccc(C)cc1OCC(F)(F)F)NCCN(C)CCOC.I. The monoisotopic (exact) mass is 532 g/mol. The summed E-state index contributed by atoms with van der Waals surface area (Å²) in [6.07, 6.45) is -4.38. The fraction of sp³-hybridized carbons (Fsp3) is 0.632. The van der Waals surface area contributed by atoms with Gasteiger partial charge in [0.05, 0.1) is 13.2 Å². The van der Waals surface area contributed by atoms with Gasteiger partial charge in [-0.15, -0.1) is 24.0 Å². The Kier molecular flexibility index (Phi) is 14.0. The molecule has 0 spiro atoms. The number of halogens is 4. The van der Waals surface area contributed by atoms with Gasteiger partial charge in [-0.1, -0.05) is 12.1 Å². The Balaban J connectivity index is 0.00000784. The Morgan fingerprint density at radius 1 is 1.21 bits per heavy atom. The van der Waals surface area contributed by atoms with Crippen LogP contribution >= 0.6 is 24.0 Å². The van der Waals surface area contributed by atoms with Crippen LogP contribution in [-0.2, 0) is 11.3 Å². The minimum Gasteiger partial charge on any atom is -0.484 e. The van der Waals surface area contributed by atoms with Gasteiger partial charge in [-0.05, 0) is 32.5 Å². The predicted molar refractivity (Wildman–Crippen MR) is 120 cm³/mol. The van der Waals surface area contributed by atoms with Crippen molar-refractivity contribution in [3.63, 3.8) is 0 Å². The van der Waals surface area contributed by atoms with E-state index in [0.717, 1.165) is 18.7 Å². The van der Waals surface area contributed by atoms with Gasteiger partial charge in [0, 0.05) is 38.9 Å². The summed E-state index contributed by atoms with van der Waals surface area (Å²) < 4.78 is 47.5. The van der Waals surface area contributed by atoms with Crippen LogP contribution < -0.4 is 15.4 Å². The van der Waals surface area contributed by atoms with E-state index in [1.807, 2.05) is 20.0 Å². The summed E-state index contributed by atoms with van der Waals surface area (Å²) in [4.78, 5) is 6.60. The van der Waals surface area contributed by atoms with Crippen LogP contribution in [0.5, 0.6) is 5.75 Å². The van der Waals surface area contributed by atoms with E-state index in [-0.39, 0.29) is 36.3 Å². The van der Waals surface area contributed by atoms with Crippen molar-refractivity contribution in [2.45, 2.75) is 26.6 Å². The lowest BCUT2D eigenvalue weighted by atomic mass is 10.1. The van der Waals surface area contributed by atoms with E-state index in [0.29, 0.717) is 31.2 Å². The molecule has 0 saturated carbocycles. The van der Waals surface area contributed by atoms with Gasteiger partial charge >= 0.3 is 6.18 Å². The van der Waals surface area contributed by atoms with Crippen LogP contribution in [0.15, 0.2) is 23.2 Å². The molecule has 1 rings (SSSR count). The van der Waals surface area contributed by atoms with Gasteiger partial charge in [-0.2, -0.15) is 13.2 Å². The van der Waals surface area contributed by atoms with Gasteiger partial charge in [0.1, 0.15) is 5.75 Å². The van der Waals surface area contributed by atoms with E-state index in [1.54, 1.807) is 26.2 Å². The number of nitrogens with zero attached hydrogens (tertiary/aromatic N) is 2. The molecule has 6 nitrogen and oxygen atoms in total. The summed E-state index contributed by atoms with van der Waals surface area (Å²) >= 11 is 0. The summed E-state index contributed by atoms with van der Waals surface area (Å²) in [5.74, 6) is 0.807. The van der Waals surface area contributed by atoms with Crippen LogP contribution in [0.1, 0.15) is 18.1 Å². The van der Waals surface area contributed by atoms with Crippen molar-refractivity contribution < 1.29 is 22.6 Å². The quantitative estimate of drug-likeness (QED) is 0.261.